The fraction of sp³-hybridized carbons (Fsp3) is 0.421. The van der Waals surface area contributed by atoms with E-state index in [9.17, 15) is 4.79 Å². The normalized spacial score (nSPS) is 11.5. The predicted molar refractivity (Wildman–Crippen MR) is 89.2 cm³/mol. The van der Waals surface area contributed by atoms with Crippen molar-refractivity contribution in [2.24, 2.45) is 5.41 Å². The number of benzene rings is 1. The minimum absolute atomic E-state index is 0.0450. The highest BCUT2D eigenvalue weighted by Crippen LogP contribution is 2.10. The van der Waals surface area contributed by atoms with Crippen molar-refractivity contribution in [3.05, 3.63) is 47.5 Å². The molecule has 0 heterocycles. The topological polar surface area (TPSA) is 20.3 Å². The summed E-state index contributed by atoms with van der Waals surface area (Å²) in [6, 6.07) is 7.80. The summed E-state index contributed by atoms with van der Waals surface area (Å²) in [5.41, 5.74) is 1.97. The number of nitrogens with zero attached hydrogens (tertiary/aromatic N) is 1. The molecule has 2 nitrogen and oxygen atoms in total. The minimum atomic E-state index is 0.0450. The molecule has 112 valence electrons. The molecule has 0 aliphatic carbocycles. The van der Waals surface area contributed by atoms with Gasteiger partial charge < -0.3 is 0 Å². The van der Waals surface area contributed by atoms with E-state index in [1.54, 1.807) is 6.92 Å². The van der Waals surface area contributed by atoms with Gasteiger partial charge in [0.1, 0.15) is 0 Å². The first-order valence-electron chi connectivity index (χ1n) is 7.24. The summed E-state index contributed by atoms with van der Waals surface area (Å²) in [5.74, 6) is 6.35. The Morgan fingerprint density at radius 1 is 1.33 bits per heavy atom. The summed E-state index contributed by atoms with van der Waals surface area (Å²) >= 11 is 0. The zero-order chi connectivity index (χ0) is 15.9. The molecule has 0 N–H and O–H groups in total. The van der Waals surface area contributed by atoms with Crippen LogP contribution < -0.4 is 0 Å². The van der Waals surface area contributed by atoms with Crippen LogP contribution in [-0.2, 0) is 6.54 Å². The van der Waals surface area contributed by atoms with Crippen molar-refractivity contribution in [1.82, 2.24) is 4.90 Å². The van der Waals surface area contributed by atoms with Crippen LogP contribution in [0.25, 0.3) is 0 Å². The number of hydrogen-bond acceptors (Lipinski definition) is 2. The molecule has 0 bridgehead atoms. The van der Waals surface area contributed by atoms with Crippen LogP contribution in [0.2, 0.25) is 0 Å². The third kappa shape index (κ3) is 7.48. The van der Waals surface area contributed by atoms with Gasteiger partial charge in [-0.1, -0.05) is 36.1 Å². The van der Waals surface area contributed by atoms with Gasteiger partial charge in [-0.25, -0.2) is 0 Å². The molecule has 0 atom stereocenters. The summed E-state index contributed by atoms with van der Waals surface area (Å²) in [7, 11) is 2.06. The van der Waals surface area contributed by atoms with E-state index in [4.69, 9.17) is 0 Å². The van der Waals surface area contributed by atoms with E-state index in [0.29, 0.717) is 0 Å². The van der Waals surface area contributed by atoms with Crippen molar-refractivity contribution < 1.29 is 4.79 Å². The van der Waals surface area contributed by atoms with E-state index in [1.165, 1.54) is 0 Å². The van der Waals surface area contributed by atoms with Crippen LogP contribution in [0.3, 0.4) is 0 Å². The molecule has 2 heteroatoms. The van der Waals surface area contributed by atoms with Crippen molar-refractivity contribution in [2.45, 2.75) is 34.2 Å². The maximum Gasteiger partial charge on any atom is 0.159 e. The van der Waals surface area contributed by atoms with Crippen molar-refractivity contribution in [3.63, 3.8) is 0 Å². The second kappa shape index (κ2) is 7.81. The van der Waals surface area contributed by atoms with Crippen LogP contribution in [0.15, 0.2) is 36.4 Å². The number of likely N-dealkylation sites (N-methyl/N-ethyl adjacent to an activating group) is 1. The van der Waals surface area contributed by atoms with Gasteiger partial charge in [0.25, 0.3) is 0 Å². The summed E-state index contributed by atoms with van der Waals surface area (Å²) < 4.78 is 0. The summed E-state index contributed by atoms with van der Waals surface area (Å²) in [6.07, 6.45) is 3.97. The Morgan fingerprint density at radius 2 is 2.05 bits per heavy atom. The smallest absolute Gasteiger partial charge is 0.159 e. The summed E-state index contributed by atoms with van der Waals surface area (Å²) in [5, 5.41) is 0. The van der Waals surface area contributed by atoms with E-state index in [2.05, 4.69) is 50.6 Å². The van der Waals surface area contributed by atoms with Gasteiger partial charge in [0.15, 0.2) is 5.78 Å². The molecule has 0 aliphatic heterocycles. The van der Waals surface area contributed by atoms with Crippen LogP contribution in [0.1, 0.15) is 43.6 Å². The number of allylic oxidation sites excluding steroid dienone is 1. The van der Waals surface area contributed by atoms with Gasteiger partial charge >= 0.3 is 0 Å². The average Bonchev–Trinajstić information content (AvgIpc) is 2.37. The van der Waals surface area contributed by atoms with E-state index in [-0.39, 0.29) is 11.2 Å². The maximum absolute atomic E-state index is 11.4. The second-order valence-electron chi connectivity index (χ2n) is 6.38. The molecule has 0 aromatic heterocycles. The number of Topliss-reactive ketones (excluding diaryl/α,β-unsaturated/α-hetero) is 1. The second-order valence-corrected chi connectivity index (χ2v) is 6.38. The number of hydrogen-bond donors (Lipinski definition) is 0. The lowest BCUT2D eigenvalue weighted by molar-refractivity contribution is 0.101. The summed E-state index contributed by atoms with van der Waals surface area (Å²) in [4.78, 5) is 13.6. The molecule has 0 saturated carbocycles. The van der Waals surface area contributed by atoms with E-state index in [0.717, 1.165) is 24.2 Å². The molecule has 1 rings (SSSR count). The van der Waals surface area contributed by atoms with Gasteiger partial charge in [-0.3, -0.25) is 9.69 Å². The lowest BCUT2D eigenvalue weighted by Crippen LogP contribution is -2.17. The minimum Gasteiger partial charge on any atom is -0.298 e. The standard InChI is InChI=1S/C19H25NO/c1-16(21)18-11-9-10-17(14-18)15-20(5)13-8-6-7-12-19(2,3)4/h6,8-11,14H,13,15H2,1-5H3/b8-6+. The van der Waals surface area contributed by atoms with Gasteiger partial charge in [-0.15, -0.1) is 0 Å². The van der Waals surface area contributed by atoms with Gasteiger partial charge in [0, 0.05) is 24.1 Å². The first kappa shape index (κ1) is 17.2. The highest BCUT2D eigenvalue weighted by Gasteiger charge is 2.03. The third-order valence-electron chi connectivity index (χ3n) is 2.85. The first-order valence-corrected chi connectivity index (χ1v) is 7.24. The fourth-order valence-corrected chi connectivity index (χ4v) is 1.81. The average molecular weight is 283 g/mol. The Bertz CT molecular complexity index is 567. The molecule has 21 heavy (non-hydrogen) atoms. The number of ketones is 1. The van der Waals surface area contributed by atoms with Gasteiger partial charge in [-0.05, 0) is 52.4 Å². The molecule has 0 fully saturated rings. The van der Waals surface area contributed by atoms with Crippen LogP contribution in [0.4, 0.5) is 0 Å². The Kier molecular flexibility index (Phi) is 6.39. The highest BCUT2D eigenvalue weighted by atomic mass is 16.1. The Hall–Kier alpha value is -1.85. The quantitative estimate of drug-likeness (QED) is 0.603. The Labute approximate surface area is 128 Å². The largest absolute Gasteiger partial charge is 0.298 e. The third-order valence-corrected chi connectivity index (χ3v) is 2.85. The molecule has 1 aromatic carbocycles. The monoisotopic (exact) mass is 283 g/mol. The van der Waals surface area contributed by atoms with Gasteiger partial charge in [-0.2, -0.15) is 0 Å². The lowest BCUT2D eigenvalue weighted by atomic mass is 9.98. The van der Waals surface area contributed by atoms with E-state index < -0.39 is 0 Å². The summed E-state index contributed by atoms with van der Waals surface area (Å²) in [6.45, 7) is 9.55. The van der Waals surface area contributed by atoms with Crippen molar-refractivity contribution in [3.8, 4) is 11.8 Å². The molecule has 0 saturated heterocycles. The number of rotatable bonds is 5. The molecule has 0 unspecified atom stereocenters. The Morgan fingerprint density at radius 3 is 2.67 bits per heavy atom. The van der Waals surface area contributed by atoms with Crippen molar-refractivity contribution >= 4 is 5.78 Å². The highest BCUT2D eigenvalue weighted by molar-refractivity contribution is 5.94. The number of carbonyl (C=O) groups is 1. The van der Waals surface area contributed by atoms with Crippen LogP contribution in [-0.4, -0.2) is 24.3 Å². The van der Waals surface area contributed by atoms with Gasteiger partial charge in [0.2, 0.25) is 0 Å². The number of carbonyl (C=O) groups excluding carboxylic acids is 1. The van der Waals surface area contributed by atoms with E-state index in [1.807, 2.05) is 30.3 Å². The first-order chi connectivity index (χ1) is 9.78. The van der Waals surface area contributed by atoms with Crippen LogP contribution in [0.5, 0.6) is 0 Å². The molecule has 0 aliphatic rings. The molecule has 1 aromatic rings. The Balaban J connectivity index is 2.52. The van der Waals surface area contributed by atoms with E-state index >= 15 is 0 Å². The molecular weight excluding hydrogens is 258 g/mol. The fourth-order valence-electron chi connectivity index (χ4n) is 1.81. The molecule has 0 amide bonds. The van der Waals surface area contributed by atoms with Crippen molar-refractivity contribution in [1.29, 1.82) is 0 Å². The zero-order valence-electron chi connectivity index (χ0n) is 13.7. The SMILES string of the molecule is CC(=O)c1cccc(CN(C)C/C=C/C#CC(C)(C)C)c1. The molecular formula is C19H25NO. The maximum atomic E-state index is 11.4. The lowest BCUT2D eigenvalue weighted by Gasteiger charge is -2.14. The molecule has 0 spiro atoms. The predicted octanol–water partition coefficient (Wildman–Crippen LogP) is 3.93. The van der Waals surface area contributed by atoms with Gasteiger partial charge in [0.05, 0.1) is 0 Å². The van der Waals surface area contributed by atoms with Crippen LogP contribution in [0, 0.1) is 17.3 Å². The van der Waals surface area contributed by atoms with Crippen molar-refractivity contribution in [2.75, 3.05) is 13.6 Å². The zero-order valence-corrected chi connectivity index (χ0v) is 13.7. The van der Waals surface area contributed by atoms with Crippen LogP contribution >= 0.6 is 0 Å². The molecule has 0 radical (unpaired) electrons.